The Morgan fingerprint density at radius 2 is 2.57 bits per heavy atom. The minimum atomic E-state index is -0.165. The third-order valence-electron chi connectivity index (χ3n) is 0.248. The van der Waals surface area contributed by atoms with Crippen LogP contribution in [0.15, 0.2) is 0 Å². The van der Waals surface area contributed by atoms with Crippen LogP contribution in [0.3, 0.4) is 0 Å². The summed E-state index contributed by atoms with van der Waals surface area (Å²) in [5.41, 5.74) is 0. The van der Waals surface area contributed by atoms with Gasteiger partial charge in [0.25, 0.3) is 0 Å². The highest BCUT2D eigenvalue weighted by Crippen LogP contribution is 2.01. The van der Waals surface area contributed by atoms with Gasteiger partial charge >= 0.3 is 0 Å². The normalized spacial score (nSPS) is 8.71. The summed E-state index contributed by atoms with van der Waals surface area (Å²) in [6, 6.07) is 0. The van der Waals surface area contributed by atoms with Crippen molar-refractivity contribution < 1.29 is 9.29 Å². The van der Waals surface area contributed by atoms with E-state index in [1.165, 1.54) is 0 Å². The Morgan fingerprint density at radius 1 is 2.00 bits per heavy atom. The lowest BCUT2D eigenvalue weighted by Crippen LogP contribution is -1.84. The van der Waals surface area contributed by atoms with Crippen LogP contribution in [0.5, 0.6) is 0 Å². The predicted molar refractivity (Wildman–Crippen MR) is 34.4 cm³/mol. The van der Waals surface area contributed by atoms with Gasteiger partial charge in [-0.3, -0.25) is 0 Å². The molecule has 42 valence electrons. The van der Waals surface area contributed by atoms with E-state index in [4.69, 9.17) is 5.11 Å². The van der Waals surface area contributed by atoms with Crippen molar-refractivity contribution in [2.75, 3.05) is 6.61 Å². The molecule has 0 bridgehead atoms. The molecule has 0 fully saturated rings. The van der Waals surface area contributed by atoms with Gasteiger partial charge in [0.1, 0.15) is 0 Å². The lowest BCUT2D eigenvalue weighted by molar-refractivity contribution is 0.403. The van der Waals surface area contributed by atoms with Crippen molar-refractivity contribution in [1.82, 2.24) is 0 Å². The van der Waals surface area contributed by atoms with Crippen LogP contribution in [-0.2, 0) is 4.18 Å². The molecule has 0 radical (unpaired) electrons. The molecule has 0 saturated carbocycles. The molecule has 7 heavy (non-hydrogen) atoms. The number of thiocarbonyl (C=S) groups is 1. The fourth-order valence-corrected chi connectivity index (χ4v) is 0.472. The maximum absolute atomic E-state index is 8.25. The van der Waals surface area contributed by atoms with E-state index < -0.39 is 0 Å². The third-order valence-corrected chi connectivity index (χ3v) is 0.948. The molecule has 0 atom stereocenters. The Bertz CT molecular complexity index is 64.0. The van der Waals surface area contributed by atoms with E-state index in [1.807, 2.05) is 6.92 Å². The number of hydrogen-bond donors (Lipinski definition) is 1. The molecule has 0 amide bonds. The first-order valence-corrected chi connectivity index (χ1v) is 2.94. The first kappa shape index (κ1) is 7.20. The zero-order valence-corrected chi connectivity index (χ0v) is 5.51. The third kappa shape index (κ3) is 6.20. The van der Waals surface area contributed by atoms with Crippen molar-refractivity contribution in [1.29, 1.82) is 0 Å². The van der Waals surface area contributed by atoms with Crippen molar-refractivity contribution in [3.8, 4) is 0 Å². The Labute approximate surface area is 52.1 Å². The fraction of sp³-hybridized carbons (Fsp3) is 0.667. The van der Waals surface area contributed by atoms with E-state index in [-0.39, 0.29) is 4.38 Å². The summed E-state index contributed by atoms with van der Waals surface area (Å²) in [5, 5.41) is 8.25. The van der Waals surface area contributed by atoms with Crippen LogP contribution in [0.4, 0.5) is 0 Å². The van der Waals surface area contributed by atoms with E-state index in [9.17, 15) is 0 Å². The van der Waals surface area contributed by atoms with Gasteiger partial charge in [0.05, 0.1) is 18.6 Å². The molecule has 2 nitrogen and oxygen atoms in total. The number of aliphatic hydroxyl groups is 1. The van der Waals surface area contributed by atoms with E-state index in [0.29, 0.717) is 6.61 Å². The van der Waals surface area contributed by atoms with Crippen molar-refractivity contribution >= 4 is 28.6 Å². The van der Waals surface area contributed by atoms with Crippen LogP contribution in [0.1, 0.15) is 6.92 Å². The number of hydrogen-bond acceptors (Lipinski definition) is 3. The zero-order chi connectivity index (χ0) is 5.70. The van der Waals surface area contributed by atoms with Crippen molar-refractivity contribution in [3.63, 3.8) is 0 Å². The lowest BCUT2D eigenvalue weighted by Gasteiger charge is -1.90. The van der Waals surface area contributed by atoms with Crippen LogP contribution < -0.4 is 0 Å². The largest absolute Gasteiger partial charge is 0.493 e. The van der Waals surface area contributed by atoms with Gasteiger partial charge in [0, 0.05) is 0 Å². The van der Waals surface area contributed by atoms with E-state index in [2.05, 4.69) is 16.4 Å². The van der Waals surface area contributed by atoms with Crippen molar-refractivity contribution in [2.45, 2.75) is 6.92 Å². The second-order valence-electron chi connectivity index (χ2n) is 0.756. The van der Waals surface area contributed by atoms with Crippen LogP contribution in [0.25, 0.3) is 0 Å². The Balaban J connectivity index is 2.82. The Kier molecular flexibility index (Phi) is 4.49. The maximum atomic E-state index is 8.25. The summed E-state index contributed by atoms with van der Waals surface area (Å²) in [6.45, 7) is 2.39. The first-order valence-electron chi connectivity index (χ1n) is 1.79. The monoisotopic (exact) mass is 138 g/mol. The van der Waals surface area contributed by atoms with E-state index in [0.717, 1.165) is 12.0 Å². The second kappa shape index (κ2) is 4.36. The Morgan fingerprint density at radius 3 is 2.71 bits per heavy atom. The van der Waals surface area contributed by atoms with Crippen LogP contribution >= 0.6 is 24.3 Å². The van der Waals surface area contributed by atoms with Gasteiger partial charge < -0.3 is 9.29 Å². The van der Waals surface area contributed by atoms with Gasteiger partial charge in [-0.2, -0.15) is 0 Å². The lowest BCUT2D eigenvalue weighted by atomic mass is 10.9. The average Bonchev–Trinajstić information content (AvgIpc) is 1.61. The minimum absolute atomic E-state index is 0.165. The summed E-state index contributed by atoms with van der Waals surface area (Å²) in [4.78, 5) is 0. The first-order chi connectivity index (χ1) is 3.27. The summed E-state index contributed by atoms with van der Waals surface area (Å²) in [7, 11) is 0. The molecular weight excluding hydrogens is 132 g/mol. The smallest absolute Gasteiger partial charge is 0.245 e. The topological polar surface area (TPSA) is 29.5 Å². The standard InChI is InChI=1S/C3H6O2S2/c1-2-5-7-3(4)6/h2H2,1H3,(H,4,6). The SMILES string of the molecule is CCOSC(O)=S. The number of rotatable bonds is 2. The molecule has 0 unspecified atom stereocenters. The highest BCUT2D eigenvalue weighted by molar-refractivity contribution is 8.19. The molecule has 0 aromatic carbocycles. The second-order valence-corrected chi connectivity index (χ2v) is 2.19. The predicted octanol–water partition coefficient (Wildman–Crippen LogP) is 1.51. The van der Waals surface area contributed by atoms with Gasteiger partial charge in [0.2, 0.25) is 4.38 Å². The van der Waals surface area contributed by atoms with Crippen LogP contribution in [0.2, 0.25) is 0 Å². The van der Waals surface area contributed by atoms with Crippen molar-refractivity contribution in [3.05, 3.63) is 0 Å². The van der Waals surface area contributed by atoms with Gasteiger partial charge in [-0.25, -0.2) is 0 Å². The van der Waals surface area contributed by atoms with Crippen LogP contribution in [-0.4, -0.2) is 16.1 Å². The minimum Gasteiger partial charge on any atom is -0.493 e. The molecule has 1 N–H and O–H groups in total. The summed E-state index contributed by atoms with van der Waals surface area (Å²) in [5.74, 6) is 0. The maximum Gasteiger partial charge on any atom is 0.245 e. The zero-order valence-electron chi connectivity index (χ0n) is 3.88. The van der Waals surface area contributed by atoms with Gasteiger partial charge in [0.15, 0.2) is 0 Å². The highest BCUT2D eigenvalue weighted by Gasteiger charge is 1.87. The fourth-order valence-electron chi connectivity index (χ4n) is 0.109. The molecular formula is C3H6O2S2. The highest BCUT2D eigenvalue weighted by atomic mass is 32.2. The molecule has 0 rings (SSSR count). The van der Waals surface area contributed by atoms with Gasteiger partial charge in [-0.15, -0.1) is 0 Å². The number of aliphatic hydroxyl groups excluding tert-OH is 1. The van der Waals surface area contributed by atoms with Crippen LogP contribution in [0, 0.1) is 0 Å². The van der Waals surface area contributed by atoms with Crippen molar-refractivity contribution in [2.24, 2.45) is 0 Å². The van der Waals surface area contributed by atoms with E-state index >= 15 is 0 Å². The van der Waals surface area contributed by atoms with Gasteiger partial charge in [-0.05, 0) is 19.1 Å². The summed E-state index contributed by atoms with van der Waals surface area (Å²) < 4.78 is 4.46. The molecule has 0 saturated heterocycles. The molecule has 0 aromatic heterocycles. The molecule has 0 heterocycles. The van der Waals surface area contributed by atoms with E-state index in [1.54, 1.807) is 0 Å². The summed E-state index contributed by atoms with van der Waals surface area (Å²) in [6.07, 6.45) is 0. The quantitative estimate of drug-likeness (QED) is 0.462. The molecule has 0 aliphatic rings. The molecule has 0 aliphatic heterocycles. The molecule has 0 aromatic rings. The molecule has 0 aliphatic carbocycles. The average molecular weight is 138 g/mol. The van der Waals surface area contributed by atoms with Gasteiger partial charge in [-0.1, -0.05) is 0 Å². The summed E-state index contributed by atoms with van der Waals surface area (Å²) >= 11 is 5.07. The molecule has 0 spiro atoms. The molecule has 4 heteroatoms. The Hall–Kier alpha value is 0.200.